The third kappa shape index (κ3) is 2.72. The van der Waals surface area contributed by atoms with Crippen LogP contribution in [0.15, 0.2) is 30.3 Å². The van der Waals surface area contributed by atoms with Crippen LogP contribution in [-0.4, -0.2) is 29.4 Å². The van der Waals surface area contributed by atoms with E-state index in [0.29, 0.717) is 12.3 Å². The zero-order chi connectivity index (χ0) is 13.1. The standard InChI is InChI=1S/C15H22N2O/c1-11(16)10-15(18)17-9-8-14(12(17)2)13-6-4-3-5-7-13/h3-7,11-12,14H,8-10,16H2,1-2H3. The second kappa shape index (κ2) is 5.53. The topological polar surface area (TPSA) is 46.3 Å². The molecule has 18 heavy (non-hydrogen) atoms. The number of hydrogen-bond donors (Lipinski definition) is 1. The maximum Gasteiger partial charge on any atom is 0.224 e. The van der Waals surface area contributed by atoms with E-state index in [1.165, 1.54) is 5.56 Å². The molecule has 1 aromatic rings. The van der Waals surface area contributed by atoms with Crippen LogP contribution in [0.1, 0.15) is 38.2 Å². The molecule has 0 spiro atoms. The number of nitrogens with two attached hydrogens (primary N) is 1. The number of carbonyl (C=O) groups is 1. The summed E-state index contributed by atoms with van der Waals surface area (Å²) in [5.41, 5.74) is 7.04. The molecule has 0 aliphatic carbocycles. The fourth-order valence-corrected chi connectivity index (χ4v) is 2.83. The largest absolute Gasteiger partial charge is 0.339 e. The summed E-state index contributed by atoms with van der Waals surface area (Å²) in [6, 6.07) is 10.7. The first-order valence-corrected chi connectivity index (χ1v) is 6.69. The number of benzene rings is 1. The fourth-order valence-electron chi connectivity index (χ4n) is 2.83. The van der Waals surface area contributed by atoms with Crippen molar-refractivity contribution in [1.29, 1.82) is 0 Å². The summed E-state index contributed by atoms with van der Waals surface area (Å²) in [7, 11) is 0. The maximum absolute atomic E-state index is 12.1. The van der Waals surface area contributed by atoms with E-state index < -0.39 is 0 Å². The van der Waals surface area contributed by atoms with Crippen LogP contribution in [0.2, 0.25) is 0 Å². The monoisotopic (exact) mass is 246 g/mol. The Morgan fingerprint density at radius 2 is 2.11 bits per heavy atom. The molecule has 1 fully saturated rings. The molecule has 3 heteroatoms. The highest BCUT2D eigenvalue weighted by Crippen LogP contribution is 2.33. The number of carbonyl (C=O) groups excluding carboxylic acids is 1. The second-order valence-corrected chi connectivity index (χ2v) is 5.31. The lowest BCUT2D eigenvalue weighted by atomic mass is 9.93. The average molecular weight is 246 g/mol. The molecule has 1 heterocycles. The van der Waals surface area contributed by atoms with Gasteiger partial charge in [0.25, 0.3) is 0 Å². The average Bonchev–Trinajstić information content (AvgIpc) is 2.71. The molecule has 0 saturated carbocycles. The highest BCUT2D eigenvalue weighted by Gasteiger charge is 2.34. The van der Waals surface area contributed by atoms with Crippen LogP contribution in [0.25, 0.3) is 0 Å². The van der Waals surface area contributed by atoms with Gasteiger partial charge in [-0.05, 0) is 25.8 Å². The van der Waals surface area contributed by atoms with Crippen LogP contribution in [-0.2, 0) is 4.79 Å². The Kier molecular flexibility index (Phi) is 4.02. The Bertz CT molecular complexity index is 402. The van der Waals surface area contributed by atoms with Crippen LogP contribution in [0, 0.1) is 0 Å². The molecule has 98 valence electrons. The number of rotatable bonds is 3. The van der Waals surface area contributed by atoms with Gasteiger partial charge in [0.2, 0.25) is 5.91 Å². The zero-order valence-electron chi connectivity index (χ0n) is 11.2. The molecular weight excluding hydrogens is 224 g/mol. The minimum atomic E-state index is -0.0551. The summed E-state index contributed by atoms with van der Waals surface area (Å²) in [5.74, 6) is 0.652. The van der Waals surface area contributed by atoms with Crippen molar-refractivity contribution in [1.82, 2.24) is 4.90 Å². The van der Waals surface area contributed by atoms with E-state index in [2.05, 4.69) is 31.2 Å². The maximum atomic E-state index is 12.1. The molecule has 3 unspecified atom stereocenters. The summed E-state index contributed by atoms with van der Waals surface area (Å²) in [5, 5.41) is 0. The molecule has 1 saturated heterocycles. The van der Waals surface area contributed by atoms with Gasteiger partial charge in [-0.2, -0.15) is 0 Å². The van der Waals surface area contributed by atoms with Gasteiger partial charge in [-0.3, -0.25) is 4.79 Å². The van der Waals surface area contributed by atoms with Crippen LogP contribution in [0.4, 0.5) is 0 Å². The molecule has 1 aliphatic heterocycles. The van der Waals surface area contributed by atoms with Crippen LogP contribution >= 0.6 is 0 Å². The first-order valence-electron chi connectivity index (χ1n) is 6.69. The third-order valence-corrected chi connectivity index (χ3v) is 3.80. The molecule has 3 atom stereocenters. The van der Waals surface area contributed by atoms with Crippen molar-refractivity contribution >= 4 is 5.91 Å². The van der Waals surface area contributed by atoms with Gasteiger partial charge < -0.3 is 10.6 Å². The first kappa shape index (κ1) is 13.1. The van der Waals surface area contributed by atoms with Gasteiger partial charge in [0, 0.05) is 31.0 Å². The van der Waals surface area contributed by atoms with Crippen molar-refractivity contribution in [3.05, 3.63) is 35.9 Å². The van der Waals surface area contributed by atoms with Gasteiger partial charge in [-0.1, -0.05) is 30.3 Å². The minimum absolute atomic E-state index is 0.0551. The van der Waals surface area contributed by atoms with Crippen molar-refractivity contribution < 1.29 is 4.79 Å². The van der Waals surface area contributed by atoms with Gasteiger partial charge in [-0.15, -0.1) is 0 Å². The lowest BCUT2D eigenvalue weighted by molar-refractivity contribution is -0.132. The van der Waals surface area contributed by atoms with Crippen LogP contribution in [0.5, 0.6) is 0 Å². The summed E-state index contributed by atoms with van der Waals surface area (Å²) in [6.07, 6.45) is 1.50. The van der Waals surface area contributed by atoms with E-state index in [9.17, 15) is 4.79 Å². The Hall–Kier alpha value is -1.35. The summed E-state index contributed by atoms with van der Waals surface area (Å²) in [4.78, 5) is 14.1. The highest BCUT2D eigenvalue weighted by molar-refractivity contribution is 5.77. The Balaban J connectivity index is 2.05. The first-order chi connectivity index (χ1) is 8.59. The number of hydrogen-bond acceptors (Lipinski definition) is 2. The Labute approximate surface area is 109 Å². The molecule has 0 aromatic heterocycles. The molecular formula is C15H22N2O. The van der Waals surface area contributed by atoms with Gasteiger partial charge in [0.1, 0.15) is 0 Å². The van der Waals surface area contributed by atoms with Crippen molar-refractivity contribution in [3.63, 3.8) is 0 Å². The van der Waals surface area contributed by atoms with Gasteiger partial charge in [-0.25, -0.2) is 0 Å². The van der Waals surface area contributed by atoms with Gasteiger partial charge in [0.05, 0.1) is 0 Å². The lowest BCUT2D eigenvalue weighted by Gasteiger charge is -2.25. The summed E-state index contributed by atoms with van der Waals surface area (Å²) in [6.45, 7) is 4.88. The molecule has 2 rings (SSSR count). The van der Waals surface area contributed by atoms with Crippen LogP contribution in [0.3, 0.4) is 0 Å². The predicted molar refractivity (Wildman–Crippen MR) is 73.2 cm³/mol. The molecule has 1 aliphatic rings. The van der Waals surface area contributed by atoms with E-state index in [0.717, 1.165) is 13.0 Å². The SMILES string of the molecule is CC(N)CC(=O)N1CCC(c2ccccc2)C1C. The quantitative estimate of drug-likeness (QED) is 0.888. The summed E-state index contributed by atoms with van der Waals surface area (Å²) >= 11 is 0. The smallest absolute Gasteiger partial charge is 0.224 e. The van der Waals surface area contributed by atoms with Gasteiger partial charge in [0.15, 0.2) is 0 Å². The zero-order valence-corrected chi connectivity index (χ0v) is 11.2. The van der Waals surface area contributed by atoms with Gasteiger partial charge >= 0.3 is 0 Å². The van der Waals surface area contributed by atoms with Crippen LogP contribution < -0.4 is 5.73 Å². The molecule has 1 aromatic carbocycles. The van der Waals surface area contributed by atoms with E-state index in [1.54, 1.807) is 0 Å². The third-order valence-electron chi connectivity index (χ3n) is 3.80. The van der Waals surface area contributed by atoms with E-state index in [1.807, 2.05) is 17.9 Å². The summed E-state index contributed by atoms with van der Waals surface area (Å²) < 4.78 is 0. The highest BCUT2D eigenvalue weighted by atomic mass is 16.2. The normalized spacial score (nSPS) is 25.2. The number of likely N-dealkylation sites (tertiary alicyclic amines) is 1. The lowest BCUT2D eigenvalue weighted by Crippen LogP contribution is -2.38. The molecule has 2 N–H and O–H groups in total. The van der Waals surface area contributed by atoms with E-state index in [-0.39, 0.29) is 18.0 Å². The molecule has 1 amide bonds. The minimum Gasteiger partial charge on any atom is -0.339 e. The Morgan fingerprint density at radius 3 is 2.72 bits per heavy atom. The van der Waals surface area contributed by atoms with Crippen molar-refractivity contribution in [3.8, 4) is 0 Å². The number of nitrogens with zero attached hydrogens (tertiary/aromatic N) is 1. The fraction of sp³-hybridized carbons (Fsp3) is 0.533. The predicted octanol–water partition coefficient (Wildman–Crippen LogP) is 2.13. The molecule has 3 nitrogen and oxygen atoms in total. The molecule has 0 bridgehead atoms. The van der Waals surface area contributed by atoms with E-state index >= 15 is 0 Å². The van der Waals surface area contributed by atoms with Crippen molar-refractivity contribution in [2.75, 3.05) is 6.54 Å². The van der Waals surface area contributed by atoms with E-state index in [4.69, 9.17) is 5.73 Å². The number of amides is 1. The van der Waals surface area contributed by atoms with Crippen molar-refractivity contribution in [2.24, 2.45) is 5.73 Å². The molecule has 0 radical (unpaired) electrons. The van der Waals surface area contributed by atoms with Crippen molar-refractivity contribution in [2.45, 2.75) is 44.7 Å². The Morgan fingerprint density at radius 1 is 1.44 bits per heavy atom. The second-order valence-electron chi connectivity index (χ2n) is 5.31.